The Morgan fingerprint density at radius 1 is 0.828 bits per heavy atom. The molecule has 3 aromatic carbocycles. The molecule has 0 saturated heterocycles. The van der Waals surface area contributed by atoms with Gasteiger partial charge in [0.2, 0.25) is 0 Å². The Kier molecular flexibility index (Phi) is 4.96. The normalized spacial score (nSPS) is 13.3. The molecule has 5 heteroatoms. The number of hydrogen-bond acceptors (Lipinski definition) is 4. The molecule has 0 spiro atoms. The first kappa shape index (κ1) is 18.6. The van der Waals surface area contributed by atoms with Crippen LogP contribution in [0.25, 0.3) is 0 Å². The van der Waals surface area contributed by atoms with Crippen LogP contribution in [0.15, 0.2) is 72.8 Å². The number of rotatable bonds is 5. The van der Waals surface area contributed by atoms with E-state index in [1.165, 1.54) is 0 Å². The summed E-state index contributed by atoms with van der Waals surface area (Å²) in [6, 6.07) is 20.7. The number of fused-ring (bicyclic) bond motifs is 2. The molecule has 29 heavy (non-hydrogen) atoms. The summed E-state index contributed by atoms with van der Waals surface area (Å²) < 4.78 is 5.78. The van der Waals surface area contributed by atoms with E-state index in [1.807, 2.05) is 25.1 Å². The fourth-order valence-electron chi connectivity index (χ4n) is 3.45. The highest BCUT2D eigenvalue weighted by molar-refractivity contribution is 6.30. The molecule has 3 aromatic rings. The number of carbonyl (C=O) groups is 3. The third-order valence-corrected chi connectivity index (χ3v) is 4.90. The van der Waals surface area contributed by atoms with Crippen LogP contribution in [0.5, 0.6) is 5.75 Å². The number of amides is 1. The van der Waals surface area contributed by atoms with Crippen molar-refractivity contribution in [1.29, 1.82) is 0 Å². The molecular weight excluding hydrogens is 366 g/mol. The van der Waals surface area contributed by atoms with E-state index in [2.05, 4.69) is 5.32 Å². The zero-order valence-corrected chi connectivity index (χ0v) is 15.8. The van der Waals surface area contributed by atoms with Crippen molar-refractivity contribution in [3.63, 3.8) is 0 Å². The molecule has 0 fully saturated rings. The molecule has 0 aliphatic heterocycles. The van der Waals surface area contributed by atoms with Crippen LogP contribution in [-0.4, -0.2) is 23.6 Å². The summed E-state index contributed by atoms with van der Waals surface area (Å²) in [6.07, 6.45) is -0.277. The quantitative estimate of drug-likeness (QED) is 0.557. The molecule has 1 N–H and O–H groups in total. The lowest BCUT2D eigenvalue weighted by Crippen LogP contribution is -2.33. The molecule has 0 saturated carbocycles. The highest BCUT2D eigenvalue weighted by atomic mass is 16.5. The Balaban J connectivity index is 1.64. The zero-order valence-electron chi connectivity index (χ0n) is 15.8. The van der Waals surface area contributed by atoms with Crippen molar-refractivity contribution in [3.8, 4) is 5.75 Å². The molecule has 1 aliphatic rings. The summed E-state index contributed by atoms with van der Waals surface area (Å²) in [5, 5.41) is 2.79. The van der Waals surface area contributed by atoms with Crippen molar-refractivity contribution in [2.45, 2.75) is 19.4 Å². The fourth-order valence-corrected chi connectivity index (χ4v) is 3.45. The predicted molar refractivity (Wildman–Crippen MR) is 110 cm³/mol. The third kappa shape index (κ3) is 3.43. The minimum Gasteiger partial charge on any atom is -0.481 e. The molecule has 0 radical (unpaired) electrons. The summed E-state index contributed by atoms with van der Waals surface area (Å²) in [5.41, 5.74) is 1.56. The predicted octanol–water partition coefficient (Wildman–Crippen LogP) is 4.26. The zero-order chi connectivity index (χ0) is 20.4. The molecule has 0 aromatic heterocycles. The minimum atomic E-state index is -0.727. The van der Waals surface area contributed by atoms with Crippen LogP contribution in [0.3, 0.4) is 0 Å². The molecular formula is C24H19NO4. The fraction of sp³-hybridized carbons (Fsp3) is 0.125. The maximum atomic E-state index is 13.1. The van der Waals surface area contributed by atoms with Crippen molar-refractivity contribution in [1.82, 2.24) is 0 Å². The highest BCUT2D eigenvalue weighted by Gasteiger charge is 2.32. The van der Waals surface area contributed by atoms with E-state index in [-0.39, 0.29) is 23.0 Å². The van der Waals surface area contributed by atoms with E-state index >= 15 is 0 Å². The van der Waals surface area contributed by atoms with Crippen LogP contribution in [0.4, 0.5) is 5.69 Å². The van der Waals surface area contributed by atoms with Gasteiger partial charge in [0.1, 0.15) is 5.75 Å². The lowest BCUT2D eigenvalue weighted by molar-refractivity contribution is -0.122. The van der Waals surface area contributed by atoms with Gasteiger partial charge in [0.05, 0.1) is 11.3 Å². The van der Waals surface area contributed by atoms with Crippen molar-refractivity contribution in [3.05, 3.63) is 95.1 Å². The van der Waals surface area contributed by atoms with Crippen LogP contribution < -0.4 is 10.1 Å². The SMILES string of the molecule is CCC(Oc1ccccc1)C(=O)Nc1cccc2c1C(=O)c1ccccc1C2=O. The van der Waals surface area contributed by atoms with Crippen molar-refractivity contribution in [2.24, 2.45) is 0 Å². The van der Waals surface area contributed by atoms with Crippen LogP contribution in [0.1, 0.15) is 45.2 Å². The van der Waals surface area contributed by atoms with E-state index < -0.39 is 6.10 Å². The topological polar surface area (TPSA) is 72.5 Å². The van der Waals surface area contributed by atoms with E-state index in [0.717, 1.165) is 0 Å². The number of carbonyl (C=O) groups excluding carboxylic acids is 3. The van der Waals surface area contributed by atoms with E-state index in [9.17, 15) is 14.4 Å². The molecule has 1 unspecified atom stereocenters. The standard InChI is InChI=1S/C24H19NO4/c1-2-20(29-15-9-4-3-5-10-15)24(28)25-19-14-8-13-18-21(19)23(27)17-12-7-6-11-16(17)22(18)26/h3-14,20H,2H2,1H3,(H,25,28). The average Bonchev–Trinajstić information content (AvgIpc) is 2.76. The molecule has 144 valence electrons. The molecule has 4 rings (SSSR count). The molecule has 1 aliphatic carbocycles. The second-order valence-corrected chi connectivity index (χ2v) is 6.75. The maximum absolute atomic E-state index is 13.1. The summed E-state index contributed by atoms with van der Waals surface area (Å²) >= 11 is 0. The maximum Gasteiger partial charge on any atom is 0.265 e. The van der Waals surface area contributed by atoms with Gasteiger partial charge in [0.25, 0.3) is 5.91 Å². The third-order valence-electron chi connectivity index (χ3n) is 4.90. The first-order valence-electron chi connectivity index (χ1n) is 9.44. The summed E-state index contributed by atoms with van der Waals surface area (Å²) in [4.78, 5) is 38.7. The van der Waals surface area contributed by atoms with Crippen molar-refractivity contribution < 1.29 is 19.1 Å². The van der Waals surface area contributed by atoms with Crippen molar-refractivity contribution in [2.75, 3.05) is 5.32 Å². The number of para-hydroxylation sites is 1. The van der Waals surface area contributed by atoms with Gasteiger partial charge < -0.3 is 10.1 Å². The highest BCUT2D eigenvalue weighted by Crippen LogP contribution is 2.32. The monoisotopic (exact) mass is 385 g/mol. The lowest BCUT2D eigenvalue weighted by atomic mass is 9.83. The van der Waals surface area contributed by atoms with E-state index in [1.54, 1.807) is 54.6 Å². The number of benzene rings is 3. The second kappa shape index (κ2) is 7.72. The first-order chi connectivity index (χ1) is 14.1. The molecule has 1 atom stereocenters. The molecule has 1 amide bonds. The smallest absolute Gasteiger partial charge is 0.265 e. The van der Waals surface area contributed by atoms with Gasteiger partial charge in [-0.05, 0) is 24.6 Å². The van der Waals surface area contributed by atoms with Crippen LogP contribution in [0.2, 0.25) is 0 Å². The van der Waals surface area contributed by atoms with Crippen LogP contribution in [0, 0.1) is 0 Å². The minimum absolute atomic E-state index is 0.221. The van der Waals surface area contributed by atoms with Gasteiger partial charge in [-0.25, -0.2) is 0 Å². The largest absolute Gasteiger partial charge is 0.481 e. The summed E-state index contributed by atoms with van der Waals surface area (Å²) in [7, 11) is 0. The van der Waals surface area contributed by atoms with Gasteiger partial charge in [-0.2, -0.15) is 0 Å². The average molecular weight is 385 g/mol. The summed E-state index contributed by atoms with van der Waals surface area (Å²) in [6.45, 7) is 1.85. The Morgan fingerprint density at radius 3 is 2.14 bits per heavy atom. The van der Waals surface area contributed by atoms with Crippen molar-refractivity contribution >= 4 is 23.2 Å². The van der Waals surface area contributed by atoms with Gasteiger partial charge >= 0.3 is 0 Å². The van der Waals surface area contributed by atoms with E-state index in [0.29, 0.717) is 34.5 Å². The van der Waals surface area contributed by atoms with Crippen LogP contribution >= 0.6 is 0 Å². The number of hydrogen-bond donors (Lipinski definition) is 1. The molecule has 0 bridgehead atoms. The Morgan fingerprint density at radius 2 is 1.45 bits per heavy atom. The Bertz CT molecular complexity index is 1100. The molecule has 0 heterocycles. The number of ether oxygens (including phenoxy) is 1. The van der Waals surface area contributed by atoms with Gasteiger partial charge in [0.15, 0.2) is 17.7 Å². The van der Waals surface area contributed by atoms with E-state index in [4.69, 9.17) is 4.74 Å². The summed E-state index contributed by atoms with van der Waals surface area (Å²) in [5.74, 6) is -0.282. The first-order valence-corrected chi connectivity index (χ1v) is 9.44. The lowest BCUT2D eigenvalue weighted by Gasteiger charge is -2.22. The Labute approximate surface area is 168 Å². The van der Waals surface area contributed by atoms with Gasteiger partial charge in [-0.1, -0.05) is 61.5 Å². The van der Waals surface area contributed by atoms with Gasteiger partial charge in [-0.15, -0.1) is 0 Å². The second-order valence-electron chi connectivity index (χ2n) is 6.75. The number of ketones is 2. The number of nitrogens with one attached hydrogen (secondary N) is 1. The number of anilines is 1. The van der Waals surface area contributed by atoms with Gasteiger partial charge in [0, 0.05) is 16.7 Å². The molecule has 5 nitrogen and oxygen atoms in total. The van der Waals surface area contributed by atoms with Crippen LogP contribution in [-0.2, 0) is 4.79 Å². The Hall–Kier alpha value is -3.73. The van der Waals surface area contributed by atoms with Gasteiger partial charge in [-0.3, -0.25) is 14.4 Å².